The molecule has 0 heterocycles. The highest BCUT2D eigenvalue weighted by atomic mass is 14.2. The molecule has 8 rings (SSSR count). The lowest BCUT2D eigenvalue weighted by atomic mass is 9.83. The third kappa shape index (κ3) is 4.00. The van der Waals surface area contributed by atoms with Crippen molar-refractivity contribution in [3.05, 3.63) is 170 Å². The van der Waals surface area contributed by atoms with Crippen LogP contribution in [0.2, 0.25) is 0 Å². The zero-order chi connectivity index (χ0) is 34.0. The molecule has 0 saturated heterocycles. The number of fused-ring (bicyclic) bond motifs is 3. The Kier molecular flexibility index (Phi) is 4.38. The lowest BCUT2D eigenvalue weighted by Gasteiger charge is -2.20. The van der Waals surface area contributed by atoms with Crippen LogP contribution in [0.5, 0.6) is 0 Å². The minimum Gasteiger partial charge on any atom is -0.0622 e. The predicted octanol–water partition coefficient (Wildman–Crippen LogP) is 11.8. The summed E-state index contributed by atoms with van der Waals surface area (Å²) in [6, 6.07) is 39.0. The minimum atomic E-state index is -0.381. The fraction of sp³-hybridized carbons (Fsp3) is 0. The molecule has 0 unspecified atom stereocenters. The van der Waals surface area contributed by atoms with Crippen molar-refractivity contribution in [2.45, 2.75) is 0 Å². The molecule has 0 heteroatoms. The zero-order valence-corrected chi connectivity index (χ0v) is 22.6. The smallest absolute Gasteiger partial charge is 0.0622 e. The minimum absolute atomic E-state index is 0.0277. The highest BCUT2D eigenvalue weighted by Gasteiger charge is 2.19. The van der Waals surface area contributed by atoms with Gasteiger partial charge < -0.3 is 0 Å². The summed E-state index contributed by atoms with van der Waals surface area (Å²) in [4.78, 5) is 0. The topological polar surface area (TPSA) is 0 Å². The molecule has 0 nitrogen and oxygen atoms in total. The van der Waals surface area contributed by atoms with Crippen molar-refractivity contribution in [2.24, 2.45) is 0 Å². The van der Waals surface area contributed by atoms with Crippen molar-refractivity contribution < 1.29 is 9.60 Å². The lowest BCUT2D eigenvalue weighted by Crippen LogP contribution is -1.93. The summed E-state index contributed by atoms with van der Waals surface area (Å²) in [5, 5.41) is 3.00. The Hall–Kier alpha value is -5.46. The van der Waals surface area contributed by atoms with Crippen molar-refractivity contribution in [3.8, 4) is 44.5 Å². The van der Waals surface area contributed by atoms with E-state index in [-0.39, 0.29) is 53.1 Å². The second-order valence-electron chi connectivity index (χ2n) is 10.3. The van der Waals surface area contributed by atoms with Crippen molar-refractivity contribution in [1.82, 2.24) is 0 Å². The third-order valence-electron chi connectivity index (χ3n) is 7.90. The summed E-state index contributed by atoms with van der Waals surface area (Å²) in [6.07, 6.45) is 0. The summed E-state index contributed by atoms with van der Waals surface area (Å²) >= 11 is 0. The van der Waals surface area contributed by atoms with Crippen molar-refractivity contribution in [2.75, 3.05) is 0 Å². The predicted molar refractivity (Wildman–Crippen MR) is 181 cm³/mol. The first-order valence-corrected chi connectivity index (χ1v) is 14.0. The van der Waals surface area contributed by atoms with Crippen LogP contribution >= 0.6 is 0 Å². The van der Waals surface area contributed by atoms with E-state index in [2.05, 4.69) is 0 Å². The van der Waals surface area contributed by atoms with E-state index in [0.717, 1.165) is 21.9 Å². The molecule has 196 valence electrons. The van der Waals surface area contributed by atoms with E-state index in [9.17, 15) is 6.85 Å². The average Bonchev–Trinajstić information content (AvgIpc) is 3.15. The number of hydrogen-bond acceptors (Lipinski definition) is 0. The van der Waals surface area contributed by atoms with E-state index >= 15 is 0 Å². The molecule has 0 aliphatic rings. The molecular weight excluding hydrogens is 504 g/mol. The van der Waals surface area contributed by atoms with Gasteiger partial charge >= 0.3 is 0 Å². The lowest BCUT2D eigenvalue weighted by molar-refractivity contribution is 1.63. The molecule has 8 aromatic carbocycles. The van der Waals surface area contributed by atoms with Crippen molar-refractivity contribution in [1.29, 1.82) is 0 Å². The highest BCUT2D eigenvalue weighted by Crippen LogP contribution is 2.47. The molecular formula is C42H28. The van der Waals surface area contributed by atoms with Gasteiger partial charge in [0.05, 0.1) is 9.60 Å². The van der Waals surface area contributed by atoms with Gasteiger partial charge in [-0.1, -0.05) is 164 Å². The largest absolute Gasteiger partial charge is 0.0636 e. The van der Waals surface area contributed by atoms with Gasteiger partial charge in [-0.2, -0.15) is 0 Å². The van der Waals surface area contributed by atoms with E-state index in [1.165, 1.54) is 0 Å². The van der Waals surface area contributed by atoms with Crippen LogP contribution < -0.4 is 0 Å². The molecule has 0 bridgehead atoms. The summed E-state index contributed by atoms with van der Waals surface area (Å²) < 4.78 is 64.9. The van der Waals surface area contributed by atoms with Gasteiger partial charge in [-0.25, -0.2) is 0 Å². The molecule has 0 atom stereocenters. The number of benzene rings is 8. The van der Waals surface area contributed by atoms with Gasteiger partial charge in [-0.05, 0) is 82.9 Å². The molecule has 0 radical (unpaired) electrons. The van der Waals surface area contributed by atoms with E-state index in [1.807, 2.05) is 127 Å². The summed E-state index contributed by atoms with van der Waals surface area (Å²) in [6.45, 7) is 0. The van der Waals surface area contributed by atoms with Gasteiger partial charge in [0, 0.05) is 0 Å². The number of rotatable bonds is 4. The van der Waals surface area contributed by atoms with Crippen LogP contribution in [0, 0.1) is 0 Å². The zero-order valence-electron chi connectivity index (χ0n) is 29.6. The van der Waals surface area contributed by atoms with Crippen LogP contribution in [0.15, 0.2) is 170 Å². The molecule has 42 heavy (non-hydrogen) atoms. The first kappa shape index (κ1) is 18.1. The van der Waals surface area contributed by atoms with E-state index in [1.54, 1.807) is 0 Å². The van der Waals surface area contributed by atoms with E-state index in [0.29, 0.717) is 44.2 Å². The fourth-order valence-electron chi connectivity index (χ4n) is 6.02. The monoisotopic (exact) mass is 539 g/mol. The molecule has 0 aliphatic heterocycles. The third-order valence-corrected chi connectivity index (χ3v) is 7.90. The van der Waals surface area contributed by atoms with Gasteiger partial charge in [-0.15, -0.1) is 0 Å². The SMILES string of the molecule is [2H]c1c([2H])c([2H])c2c(-c3ccc(-c4ccccc4)c4ccccc34)c3c([2H])c(-c4ccccc4)c([2H])c([2H])c3c(-c3ccccc3)c2c1[2H]. The molecule has 0 aromatic heterocycles. The molecule has 0 amide bonds. The summed E-state index contributed by atoms with van der Waals surface area (Å²) in [5.74, 6) is 0. The van der Waals surface area contributed by atoms with E-state index in [4.69, 9.17) is 2.74 Å². The standard InChI is InChI=1S/C42H28/c1-4-14-29(15-5-1)32-24-25-39-40(28-32)42(37-23-13-12-22-36(37)41(39)31-18-8-3-9-19-31)38-27-26-33(30-16-6-2-7-17-30)34-20-10-11-21-35(34)38/h1-28H/i12D,13D,22D,23D,24D,25D,28D. The van der Waals surface area contributed by atoms with Crippen LogP contribution in [-0.2, 0) is 0 Å². The molecule has 0 spiro atoms. The molecule has 8 aromatic rings. The normalized spacial score (nSPS) is 13.7. The van der Waals surface area contributed by atoms with Crippen LogP contribution in [0.1, 0.15) is 9.60 Å². The maximum absolute atomic E-state index is 9.85. The Morgan fingerprint density at radius 2 is 0.810 bits per heavy atom. The second-order valence-corrected chi connectivity index (χ2v) is 10.3. The second kappa shape index (κ2) is 10.2. The van der Waals surface area contributed by atoms with Crippen molar-refractivity contribution >= 4 is 32.3 Å². The average molecular weight is 540 g/mol. The molecule has 0 saturated carbocycles. The van der Waals surface area contributed by atoms with Crippen LogP contribution in [-0.4, -0.2) is 0 Å². The molecule has 0 N–H and O–H groups in total. The molecule has 0 aliphatic carbocycles. The Bertz CT molecular complexity index is 2600. The quantitative estimate of drug-likeness (QED) is 0.195. The maximum atomic E-state index is 9.85. The first-order chi connectivity index (χ1) is 23.8. The highest BCUT2D eigenvalue weighted by molar-refractivity contribution is 6.24. The van der Waals surface area contributed by atoms with Crippen LogP contribution in [0.3, 0.4) is 0 Å². The Balaban J connectivity index is 1.68. The first-order valence-electron chi connectivity index (χ1n) is 17.5. The van der Waals surface area contributed by atoms with Gasteiger partial charge in [0.25, 0.3) is 0 Å². The fourth-order valence-corrected chi connectivity index (χ4v) is 6.02. The van der Waals surface area contributed by atoms with E-state index < -0.39 is 0 Å². The van der Waals surface area contributed by atoms with Crippen LogP contribution in [0.4, 0.5) is 0 Å². The van der Waals surface area contributed by atoms with Gasteiger partial charge in [-0.3, -0.25) is 0 Å². The van der Waals surface area contributed by atoms with Gasteiger partial charge in [0.1, 0.15) is 0 Å². The summed E-state index contributed by atoms with van der Waals surface area (Å²) in [5.41, 5.74) is 5.13. The molecule has 0 fully saturated rings. The van der Waals surface area contributed by atoms with Crippen LogP contribution in [0.25, 0.3) is 76.8 Å². The van der Waals surface area contributed by atoms with Gasteiger partial charge in [0.2, 0.25) is 0 Å². The number of hydrogen-bond donors (Lipinski definition) is 0. The summed E-state index contributed by atoms with van der Waals surface area (Å²) in [7, 11) is 0. The Morgan fingerprint density at radius 3 is 1.48 bits per heavy atom. The Morgan fingerprint density at radius 1 is 0.310 bits per heavy atom. The maximum Gasteiger partial charge on any atom is 0.0636 e. The van der Waals surface area contributed by atoms with Crippen molar-refractivity contribution in [3.63, 3.8) is 0 Å². The van der Waals surface area contributed by atoms with Gasteiger partial charge in [0.15, 0.2) is 0 Å². The Labute approximate surface area is 256 Å².